The number of rotatable bonds is 6. The van der Waals surface area contributed by atoms with Crippen LogP contribution in [-0.2, 0) is 20.8 Å². The number of likely N-dealkylation sites (tertiary alicyclic amines) is 1. The first-order valence-electron chi connectivity index (χ1n) is 9.59. The van der Waals surface area contributed by atoms with Gasteiger partial charge in [0.2, 0.25) is 17.7 Å². The van der Waals surface area contributed by atoms with Gasteiger partial charge in [0.05, 0.1) is 11.8 Å². The van der Waals surface area contributed by atoms with E-state index in [-0.39, 0.29) is 48.6 Å². The Kier molecular flexibility index (Phi) is 4.51. The zero-order chi connectivity index (χ0) is 18.3. The molecule has 6 heteroatoms. The van der Waals surface area contributed by atoms with E-state index >= 15 is 0 Å². The van der Waals surface area contributed by atoms with Crippen LogP contribution in [0.4, 0.5) is 0 Å². The van der Waals surface area contributed by atoms with Crippen LogP contribution >= 0.6 is 0 Å². The molecule has 1 saturated heterocycles. The lowest BCUT2D eigenvalue weighted by atomic mass is 9.81. The maximum atomic E-state index is 12.6. The predicted octanol–water partition coefficient (Wildman–Crippen LogP) is 1.55. The molecule has 2 heterocycles. The van der Waals surface area contributed by atoms with E-state index in [1.165, 1.54) is 4.90 Å². The molecule has 4 rings (SSSR count). The molecule has 2 bridgehead atoms. The largest absolute Gasteiger partial charge is 0.353 e. The molecule has 3 aliphatic rings. The zero-order valence-corrected chi connectivity index (χ0v) is 15.1. The van der Waals surface area contributed by atoms with Crippen LogP contribution in [0.3, 0.4) is 0 Å². The van der Waals surface area contributed by atoms with Gasteiger partial charge in [-0.15, -0.1) is 0 Å². The summed E-state index contributed by atoms with van der Waals surface area (Å²) in [6.07, 6.45) is 5.74. The lowest BCUT2D eigenvalue weighted by Gasteiger charge is -2.19. The normalized spacial score (nSPS) is 30.6. The quantitative estimate of drug-likeness (QED) is 0.785. The van der Waals surface area contributed by atoms with Gasteiger partial charge in [-0.2, -0.15) is 0 Å². The number of pyridine rings is 1. The number of hydrogen-bond acceptors (Lipinski definition) is 4. The third-order valence-corrected chi connectivity index (χ3v) is 6.23. The number of carbonyl (C=O) groups is 3. The SMILES string of the molecule is C[C@H](Cc1ccccn1)NC(=O)CCN1C(=O)[C@H]2[C@H]3CC[C@@H](C3)[C@@H]2C1=O. The highest BCUT2D eigenvalue weighted by Crippen LogP contribution is 2.56. The lowest BCUT2D eigenvalue weighted by molar-refractivity contribution is -0.141. The van der Waals surface area contributed by atoms with Gasteiger partial charge < -0.3 is 5.32 Å². The van der Waals surface area contributed by atoms with Gasteiger partial charge in [0.25, 0.3) is 0 Å². The van der Waals surface area contributed by atoms with E-state index < -0.39 is 0 Å². The molecule has 0 aromatic carbocycles. The molecule has 1 aromatic heterocycles. The summed E-state index contributed by atoms with van der Waals surface area (Å²) in [5.41, 5.74) is 0.925. The Morgan fingerprint density at radius 2 is 1.92 bits per heavy atom. The van der Waals surface area contributed by atoms with E-state index in [9.17, 15) is 14.4 Å². The van der Waals surface area contributed by atoms with Crippen LogP contribution in [0.5, 0.6) is 0 Å². The Balaban J connectivity index is 1.28. The maximum absolute atomic E-state index is 12.6. The fourth-order valence-corrected chi connectivity index (χ4v) is 5.13. The van der Waals surface area contributed by atoms with Crippen molar-refractivity contribution in [2.45, 2.75) is 45.1 Å². The summed E-state index contributed by atoms with van der Waals surface area (Å²) in [6, 6.07) is 5.67. The van der Waals surface area contributed by atoms with Crippen LogP contribution in [0.1, 0.15) is 38.3 Å². The van der Waals surface area contributed by atoms with Crippen molar-refractivity contribution in [1.82, 2.24) is 15.2 Å². The Labute approximate surface area is 153 Å². The molecule has 1 aromatic rings. The van der Waals surface area contributed by atoms with Crippen molar-refractivity contribution >= 4 is 17.7 Å². The van der Waals surface area contributed by atoms with E-state index in [1.54, 1.807) is 6.20 Å². The van der Waals surface area contributed by atoms with E-state index in [2.05, 4.69) is 10.3 Å². The monoisotopic (exact) mass is 355 g/mol. The number of aromatic nitrogens is 1. The average molecular weight is 355 g/mol. The second-order valence-corrected chi connectivity index (χ2v) is 7.96. The standard InChI is InChI=1S/C20H25N3O3/c1-12(10-15-4-2-3-8-21-15)22-16(24)7-9-23-19(25)17-13-5-6-14(11-13)18(17)20(23)26/h2-4,8,12-14,17-18H,5-7,9-11H2,1H3,(H,22,24)/t12-,13+,14+,17+,18+/m1/s1. The maximum Gasteiger partial charge on any atom is 0.233 e. The van der Waals surface area contributed by atoms with Crippen molar-refractivity contribution in [3.63, 3.8) is 0 Å². The minimum Gasteiger partial charge on any atom is -0.353 e. The summed E-state index contributed by atoms with van der Waals surface area (Å²) < 4.78 is 0. The van der Waals surface area contributed by atoms with Gasteiger partial charge in [-0.05, 0) is 50.2 Å². The third kappa shape index (κ3) is 3.02. The molecule has 2 saturated carbocycles. The number of carbonyl (C=O) groups excluding carboxylic acids is 3. The summed E-state index contributed by atoms with van der Waals surface area (Å²) >= 11 is 0. The van der Waals surface area contributed by atoms with Crippen molar-refractivity contribution in [1.29, 1.82) is 0 Å². The van der Waals surface area contributed by atoms with E-state index in [0.717, 1.165) is 25.0 Å². The minimum atomic E-state index is -0.130. The van der Waals surface area contributed by atoms with Crippen molar-refractivity contribution in [2.75, 3.05) is 6.54 Å². The molecule has 5 atom stereocenters. The van der Waals surface area contributed by atoms with Crippen molar-refractivity contribution in [3.8, 4) is 0 Å². The molecule has 26 heavy (non-hydrogen) atoms. The molecular formula is C20H25N3O3. The topological polar surface area (TPSA) is 79.4 Å². The fourth-order valence-electron chi connectivity index (χ4n) is 5.13. The highest BCUT2D eigenvalue weighted by Gasteiger charge is 2.60. The van der Waals surface area contributed by atoms with E-state index in [0.29, 0.717) is 18.3 Å². The third-order valence-electron chi connectivity index (χ3n) is 6.23. The summed E-state index contributed by atoms with van der Waals surface area (Å²) in [7, 11) is 0. The zero-order valence-electron chi connectivity index (χ0n) is 15.1. The molecule has 0 spiro atoms. The summed E-state index contributed by atoms with van der Waals surface area (Å²) in [6.45, 7) is 2.13. The first-order valence-corrected chi connectivity index (χ1v) is 9.59. The first-order chi connectivity index (χ1) is 12.5. The molecule has 3 fully saturated rings. The van der Waals surface area contributed by atoms with E-state index in [4.69, 9.17) is 0 Å². The Bertz CT molecular complexity index is 692. The van der Waals surface area contributed by atoms with Gasteiger partial charge in [-0.25, -0.2) is 0 Å². The Morgan fingerprint density at radius 3 is 2.54 bits per heavy atom. The van der Waals surface area contributed by atoms with Gasteiger partial charge in [-0.1, -0.05) is 6.07 Å². The highest BCUT2D eigenvalue weighted by molar-refractivity contribution is 6.06. The van der Waals surface area contributed by atoms with Crippen LogP contribution in [0.2, 0.25) is 0 Å². The second-order valence-electron chi connectivity index (χ2n) is 7.96. The highest BCUT2D eigenvalue weighted by atomic mass is 16.2. The molecule has 1 N–H and O–H groups in total. The Morgan fingerprint density at radius 1 is 1.23 bits per heavy atom. The van der Waals surface area contributed by atoms with Crippen LogP contribution in [-0.4, -0.2) is 40.2 Å². The molecule has 0 unspecified atom stereocenters. The number of hydrogen-bond donors (Lipinski definition) is 1. The molecule has 3 amide bonds. The summed E-state index contributed by atoms with van der Waals surface area (Å²) in [5, 5.41) is 2.93. The summed E-state index contributed by atoms with van der Waals surface area (Å²) in [5.74, 6) is 0.356. The van der Waals surface area contributed by atoms with Gasteiger partial charge >= 0.3 is 0 Å². The van der Waals surface area contributed by atoms with Gasteiger partial charge in [0.15, 0.2) is 0 Å². The molecule has 6 nitrogen and oxygen atoms in total. The smallest absolute Gasteiger partial charge is 0.233 e. The van der Waals surface area contributed by atoms with Crippen molar-refractivity contribution in [3.05, 3.63) is 30.1 Å². The van der Waals surface area contributed by atoms with Crippen LogP contribution in [0.15, 0.2) is 24.4 Å². The van der Waals surface area contributed by atoms with Gasteiger partial charge in [-0.3, -0.25) is 24.3 Å². The van der Waals surface area contributed by atoms with Crippen molar-refractivity contribution in [2.24, 2.45) is 23.7 Å². The Hall–Kier alpha value is -2.24. The van der Waals surface area contributed by atoms with Crippen LogP contribution < -0.4 is 5.32 Å². The lowest BCUT2D eigenvalue weighted by Crippen LogP contribution is -2.39. The van der Waals surface area contributed by atoms with Gasteiger partial charge in [0, 0.05) is 37.3 Å². The molecule has 1 aliphatic heterocycles. The van der Waals surface area contributed by atoms with E-state index in [1.807, 2.05) is 25.1 Å². The van der Waals surface area contributed by atoms with Crippen LogP contribution in [0, 0.1) is 23.7 Å². The fraction of sp³-hybridized carbons (Fsp3) is 0.600. The molecule has 0 radical (unpaired) electrons. The molecule has 2 aliphatic carbocycles. The first kappa shape index (κ1) is 17.2. The number of amides is 3. The summed E-state index contributed by atoms with van der Waals surface area (Å²) in [4.78, 5) is 43.1. The number of imide groups is 1. The van der Waals surface area contributed by atoms with Crippen molar-refractivity contribution < 1.29 is 14.4 Å². The molecule has 138 valence electrons. The average Bonchev–Trinajstić information content (AvgIpc) is 3.29. The van der Waals surface area contributed by atoms with Crippen LogP contribution in [0.25, 0.3) is 0 Å². The number of fused-ring (bicyclic) bond motifs is 5. The second kappa shape index (κ2) is 6.82. The van der Waals surface area contributed by atoms with Gasteiger partial charge in [0.1, 0.15) is 0 Å². The number of nitrogens with one attached hydrogen (secondary N) is 1. The molecular weight excluding hydrogens is 330 g/mol. The predicted molar refractivity (Wildman–Crippen MR) is 94.7 cm³/mol. The number of nitrogens with zero attached hydrogens (tertiary/aromatic N) is 2. The minimum absolute atomic E-state index is 0.0402.